The van der Waals surface area contributed by atoms with E-state index in [2.05, 4.69) is 5.32 Å². The summed E-state index contributed by atoms with van der Waals surface area (Å²) < 4.78 is 13.4. The van der Waals surface area contributed by atoms with Crippen LogP contribution in [0.4, 0.5) is 10.1 Å². The van der Waals surface area contributed by atoms with E-state index in [4.69, 9.17) is 0 Å². The summed E-state index contributed by atoms with van der Waals surface area (Å²) in [6, 6.07) is 12.5. The van der Waals surface area contributed by atoms with Crippen molar-refractivity contribution in [3.05, 3.63) is 81.7 Å². The monoisotopic (exact) mass is 314 g/mol. The second-order valence-electron chi connectivity index (χ2n) is 4.78. The maximum absolute atomic E-state index is 13.4. The second kappa shape index (κ2) is 7.84. The van der Waals surface area contributed by atoms with Gasteiger partial charge in [0.15, 0.2) is 0 Å². The lowest BCUT2D eigenvalue weighted by Gasteiger charge is -2.04. The third-order valence-corrected chi connectivity index (χ3v) is 3.20. The van der Waals surface area contributed by atoms with Crippen LogP contribution >= 0.6 is 0 Å². The summed E-state index contributed by atoms with van der Waals surface area (Å²) in [5, 5.41) is 13.5. The lowest BCUT2D eigenvalue weighted by atomic mass is 10.1. The molecular formula is C17H15FN2O3. The van der Waals surface area contributed by atoms with Gasteiger partial charge in [-0.25, -0.2) is 4.39 Å². The minimum atomic E-state index is -0.504. The fourth-order valence-corrected chi connectivity index (χ4v) is 2.04. The Bertz CT molecular complexity index is 744. The lowest BCUT2D eigenvalue weighted by Crippen LogP contribution is -2.23. The molecule has 2 aromatic rings. The van der Waals surface area contributed by atoms with Gasteiger partial charge in [0.05, 0.1) is 10.5 Å². The van der Waals surface area contributed by atoms with E-state index >= 15 is 0 Å². The van der Waals surface area contributed by atoms with E-state index in [0.717, 1.165) is 0 Å². The zero-order valence-corrected chi connectivity index (χ0v) is 12.2. The number of carbonyl (C=O) groups is 1. The fraction of sp³-hybridized carbons (Fsp3) is 0.118. The first-order valence-electron chi connectivity index (χ1n) is 7.00. The van der Waals surface area contributed by atoms with Gasteiger partial charge in [-0.15, -0.1) is 0 Å². The molecule has 2 rings (SSSR count). The molecule has 5 nitrogen and oxygen atoms in total. The van der Waals surface area contributed by atoms with Crippen molar-refractivity contribution in [3.8, 4) is 0 Å². The van der Waals surface area contributed by atoms with E-state index in [1.807, 2.05) is 0 Å². The highest BCUT2D eigenvalue weighted by Crippen LogP contribution is 2.18. The summed E-state index contributed by atoms with van der Waals surface area (Å²) in [5.41, 5.74) is 0.806. The standard InChI is InChI=1S/C17H15FN2O3/c18-15-7-3-1-5-13(15)11-12-19-17(21)10-9-14-6-2-4-8-16(14)20(22)23/h1-10H,11-12H2,(H,19,21)/b10-9+. The predicted molar refractivity (Wildman–Crippen MR) is 85.2 cm³/mol. The molecule has 0 radical (unpaired) electrons. The molecule has 6 heteroatoms. The summed E-state index contributed by atoms with van der Waals surface area (Å²) in [4.78, 5) is 22.1. The highest BCUT2D eigenvalue weighted by Gasteiger charge is 2.09. The highest BCUT2D eigenvalue weighted by molar-refractivity contribution is 5.92. The van der Waals surface area contributed by atoms with E-state index in [0.29, 0.717) is 17.5 Å². The van der Waals surface area contributed by atoms with Crippen LogP contribution in [0.25, 0.3) is 6.08 Å². The normalized spacial score (nSPS) is 10.7. The van der Waals surface area contributed by atoms with Crippen molar-refractivity contribution >= 4 is 17.7 Å². The molecule has 0 saturated heterocycles. The third-order valence-electron chi connectivity index (χ3n) is 3.20. The number of rotatable bonds is 6. The van der Waals surface area contributed by atoms with Gasteiger partial charge in [-0.05, 0) is 30.2 Å². The van der Waals surface area contributed by atoms with Gasteiger partial charge in [0.25, 0.3) is 5.69 Å². The molecule has 0 aliphatic heterocycles. The third kappa shape index (κ3) is 4.74. The van der Waals surface area contributed by atoms with Gasteiger partial charge in [-0.2, -0.15) is 0 Å². The molecule has 1 amide bonds. The molecule has 1 N–H and O–H groups in total. The molecule has 0 fully saturated rings. The zero-order valence-electron chi connectivity index (χ0n) is 12.2. The van der Waals surface area contributed by atoms with Crippen molar-refractivity contribution in [1.29, 1.82) is 0 Å². The summed E-state index contributed by atoms with van der Waals surface area (Å²) in [5.74, 6) is -0.698. The van der Waals surface area contributed by atoms with Gasteiger partial charge in [0.1, 0.15) is 5.82 Å². The van der Waals surface area contributed by atoms with Crippen LogP contribution in [-0.2, 0) is 11.2 Å². The highest BCUT2D eigenvalue weighted by atomic mass is 19.1. The van der Waals surface area contributed by atoms with Crippen LogP contribution in [0.5, 0.6) is 0 Å². The number of nitro benzene ring substituents is 1. The molecule has 2 aromatic carbocycles. The van der Waals surface area contributed by atoms with Crippen LogP contribution in [0.3, 0.4) is 0 Å². The SMILES string of the molecule is O=C(/C=C/c1ccccc1[N+](=O)[O-])NCCc1ccccc1F. The van der Waals surface area contributed by atoms with Crippen molar-refractivity contribution < 1.29 is 14.1 Å². The van der Waals surface area contributed by atoms with Crippen LogP contribution in [0.2, 0.25) is 0 Å². The van der Waals surface area contributed by atoms with Crippen molar-refractivity contribution in [3.63, 3.8) is 0 Å². The summed E-state index contributed by atoms with van der Waals surface area (Å²) in [7, 11) is 0. The fourth-order valence-electron chi connectivity index (χ4n) is 2.04. The molecule has 0 bridgehead atoms. The summed E-state index contributed by atoms with van der Waals surface area (Å²) in [6.45, 7) is 0.279. The van der Waals surface area contributed by atoms with Crippen LogP contribution in [0, 0.1) is 15.9 Å². The Hall–Kier alpha value is -3.02. The predicted octanol–water partition coefficient (Wildman–Crippen LogP) is 3.11. The van der Waals surface area contributed by atoms with Gasteiger partial charge < -0.3 is 5.32 Å². The topological polar surface area (TPSA) is 72.2 Å². The van der Waals surface area contributed by atoms with E-state index in [1.54, 1.807) is 36.4 Å². The number of halogens is 1. The largest absolute Gasteiger partial charge is 0.352 e. The molecule has 0 atom stereocenters. The van der Waals surface area contributed by atoms with E-state index in [9.17, 15) is 19.3 Å². The maximum atomic E-state index is 13.4. The average molecular weight is 314 g/mol. The van der Waals surface area contributed by atoms with E-state index in [1.165, 1.54) is 24.3 Å². The Labute approximate surface area is 132 Å². The summed E-state index contributed by atoms with van der Waals surface area (Å²) >= 11 is 0. The zero-order chi connectivity index (χ0) is 16.7. The molecule has 118 valence electrons. The molecule has 0 unspecified atom stereocenters. The Balaban J connectivity index is 1.90. The Morgan fingerprint density at radius 2 is 1.87 bits per heavy atom. The van der Waals surface area contributed by atoms with Crippen LogP contribution in [0.15, 0.2) is 54.6 Å². The first kappa shape index (κ1) is 16.4. The van der Waals surface area contributed by atoms with Gasteiger partial charge in [-0.1, -0.05) is 30.3 Å². The minimum Gasteiger partial charge on any atom is -0.352 e. The quantitative estimate of drug-likeness (QED) is 0.506. The van der Waals surface area contributed by atoms with Crippen LogP contribution in [-0.4, -0.2) is 17.4 Å². The van der Waals surface area contributed by atoms with Crippen molar-refractivity contribution in [2.45, 2.75) is 6.42 Å². The van der Waals surface area contributed by atoms with Crippen LogP contribution in [0.1, 0.15) is 11.1 Å². The number of hydrogen-bond acceptors (Lipinski definition) is 3. The lowest BCUT2D eigenvalue weighted by molar-refractivity contribution is -0.385. The van der Waals surface area contributed by atoms with Gasteiger partial charge in [0.2, 0.25) is 5.91 Å². The van der Waals surface area contributed by atoms with E-state index in [-0.39, 0.29) is 24.0 Å². The molecule has 0 saturated carbocycles. The van der Waals surface area contributed by atoms with Gasteiger partial charge in [0, 0.05) is 18.7 Å². The molecule has 0 heterocycles. The Morgan fingerprint density at radius 3 is 2.61 bits per heavy atom. The molecule has 23 heavy (non-hydrogen) atoms. The number of para-hydroxylation sites is 1. The number of amides is 1. The number of benzene rings is 2. The number of nitro groups is 1. The minimum absolute atomic E-state index is 0.0668. The van der Waals surface area contributed by atoms with Crippen molar-refractivity contribution in [1.82, 2.24) is 5.32 Å². The Morgan fingerprint density at radius 1 is 1.17 bits per heavy atom. The maximum Gasteiger partial charge on any atom is 0.276 e. The molecular weight excluding hydrogens is 299 g/mol. The molecule has 0 aliphatic rings. The van der Waals surface area contributed by atoms with E-state index < -0.39 is 4.92 Å². The van der Waals surface area contributed by atoms with Crippen molar-refractivity contribution in [2.75, 3.05) is 6.54 Å². The smallest absolute Gasteiger partial charge is 0.276 e. The average Bonchev–Trinajstić information content (AvgIpc) is 2.55. The van der Waals surface area contributed by atoms with Crippen molar-refractivity contribution in [2.24, 2.45) is 0 Å². The molecule has 0 aliphatic carbocycles. The first-order valence-corrected chi connectivity index (χ1v) is 7.00. The molecule has 0 aromatic heterocycles. The number of nitrogens with one attached hydrogen (secondary N) is 1. The number of nitrogens with zero attached hydrogens (tertiary/aromatic N) is 1. The number of carbonyl (C=O) groups excluding carboxylic acids is 1. The van der Waals surface area contributed by atoms with Gasteiger partial charge in [-0.3, -0.25) is 14.9 Å². The Kier molecular flexibility index (Phi) is 5.57. The molecule has 0 spiro atoms. The van der Waals surface area contributed by atoms with Gasteiger partial charge >= 0.3 is 0 Å². The second-order valence-corrected chi connectivity index (χ2v) is 4.78. The number of hydrogen-bond donors (Lipinski definition) is 1. The summed E-state index contributed by atoms with van der Waals surface area (Å²) in [6.07, 6.45) is 2.98. The first-order chi connectivity index (χ1) is 11.1. The van der Waals surface area contributed by atoms with Crippen LogP contribution < -0.4 is 5.32 Å².